The van der Waals surface area contributed by atoms with Crippen molar-refractivity contribution in [2.24, 2.45) is 0 Å². The first-order valence-corrected chi connectivity index (χ1v) is 4.61. The quantitative estimate of drug-likeness (QED) is 0.657. The molecule has 4 nitrogen and oxygen atoms in total. The predicted molar refractivity (Wildman–Crippen MR) is 48.4 cm³/mol. The normalized spacial score (nSPS) is 13.4. The highest BCUT2D eigenvalue weighted by Gasteiger charge is 2.27. The van der Waals surface area contributed by atoms with Crippen LogP contribution in [0.4, 0.5) is 18.0 Å². The largest absolute Gasteiger partial charge is 0.405 e. The van der Waals surface area contributed by atoms with Crippen molar-refractivity contribution in [3.63, 3.8) is 0 Å². The zero-order valence-electron chi connectivity index (χ0n) is 8.40. The summed E-state index contributed by atoms with van der Waals surface area (Å²) >= 11 is 0. The lowest BCUT2D eigenvalue weighted by atomic mass is 10.2. The second-order valence-corrected chi connectivity index (χ2v) is 3.08. The fourth-order valence-electron chi connectivity index (χ4n) is 0.799. The summed E-state index contributed by atoms with van der Waals surface area (Å²) in [5.74, 6) is 0. The Morgan fingerprint density at radius 3 is 2.47 bits per heavy atom. The number of amides is 2. The van der Waals surface area contributed by atoms with Gasteiger partial charge in [0, 0.05) is 6.54 Å². The van der Waals surface area contributed by atoms with Gasteiger partial charge in [-0.15, -0.1) is 0 Å². The van der Waals surface area contributed by atoms with Crippen molar-refractivity contribution in [3.8, 4) is 0 Å². The third-order valence-corrected chi connectivity index (χ3v) is 1.68. The fourth-order valence-corrected chi connectivity index (χ4v) is 0.799. The number of carbonyl (C=O) groups excluding carboxylic acids is 1. The lowest BCUT2D eigenvalue weighted by Gasteiger charge is -2.11. The summed E-state index contributed by atoms with van der Waals surface area (Å²) in [4.78, 5) is 10.8. The number of rotatable bonds is 5. The first-order chi connectivity index (χ1) is 6.85. The Morgan fingerprint density at radius 2 is 2.00 bits per heavy atom. The van der Waals surface area contributed by atoms with Crippen molar-refractivity contribution in [3.05, 3.63) is 0 Å². The zero-order valence-corrected chi connectivity index (χ0v) is 8.40. The van der Waals surface area contributed by atoms with E-state index in [2.05, 4.69) is 5.32 Å². The third kappa shape index (κ3) is 9.33. The van der Waals surface area contributed by atoms with Gasteiger partial charge in [0.1, 0.15) is 6.54 Å². The van der Waals surface area contributed by atoms with Crippen LogP contribution in [-0.4, -0.2) is 36.5 Å². The van der Waals surface area contributed by atoms with Gasteiger partial charge in [0.15, 0.2) is 0 Å². The van der Waals surface area contributed by atoms with Crippen molar-refractivity contribution in [2.75, 3.05) is 13.1 Å². The molecule has 0 aliphatic carbocycles. The van der Waals surface area contributed by atoms with Crippen molar-refractivity contribution in [1.29, 1.82) is 0 Å². The van der Waals surface area contributed by atoms with Gasteiger partial charge in [-0.05, 0) is 12.8 Å². The summed E-state index contributed by atoms with van der Waals surface area (Å²) < 4.78 is 34.9. The minimum absolute atomic E-state index is 0.151. The Labute approximate surface area is 85.8 Å². The number of aliphatic hydroxyl groups excluding tert-OH is 1. The molecular weight excluding hydrogens is 213 g/mol. The standard InChI is InChI=1S/C8H15F3N2O2/c1-2-6(14)3-4-12-7(15)13-5-8(9,10)11/h6,14H,2-5H2,1H3,(H2,12,13,15). The van der Waals surface area contributed by atoms with Crippen LogP contribution in [0.5, 0.6) is 0 Å². The number of hydrogen-bond acceptors (Lipinski definition) is 2. The molecule has 0 aliphatic heterocycles. The summed E-state index contributed by atoms with van der Waals surface area (Å²) in [6.45, 7) is 0.572. The van der Waals surface area contributed by atoms with Crippen LogP contribution in [0.15, 0.2) is 0 Å². The van der Waals surface area contributed by atoms with Crippen LogP contribution in [0, 0.1) is 0 Å². The Kier molecular flexibility index (Phi) is 6.07. The maximum Gasteiger partial charge on any atom is 0.405 e. The van der Waals surface area contributed by atoms with E-state index in [9.17, 15) is 18.0 Å². The highest BCUT2D eigenvalue weighted by molar-refractivity contribution is 5.73. The molecule has 0 heterocycles. The molecule has 90 valence electrons. The Bertz CT molecular complexity index is 197. The van der Waals surface area contributed by atoms with Crippen molar-refractivity contribution in [2.45, 2.75) is 32.0 Å². The summed E-state index contributed by atoms with van der Waals surface area (Å²) in [6.07, 6.45) is -4.06. The minimum Gasteiger partial charge on any atom is -0.393 e. The predicted octanol–water partition coefficient (Wildman–Crippen LogP) is 1.01. The molecule has 0 saturated carbocycles. The molecule has 2 amide bonds. The van der Waals surface area contributed by atoms with Gasteiger partial charge in [0.05, 0.1) is 6.10 Å². The summed E-state index contributed by atoms with van der Waals surface area (Å²) in [5, 5.41) is 12.9. The Balaban J connectivity index is 3.50. The van der Waals surface area contributed by atoms with Gasteiger partial charge < -0.3 is 15.7 Å². The van der Waals surface area contributed by atoms with Crippen molar-refractivity contribution >= 4 is 6.03 Å². The first kappa shape index (κ1) is 14.0. The van der Waals surface area contributed by atoms with Gasteiger partial charge in [0.25, 0.3) is 0 Å². The Hall–Kier alpha value is -0.980. The molecule has 7 heteroatoms. The number of urea groups is 1. The molecule has 0 aromatic carbocycles. The molecule has 1 unspecified atom stereocenters. The second kappa shape index (κ2) is 6.49. The molecule has 0 bridgehead atoms. The number of aliphatic hydroxyl groups is 1. The summed E-state index contributed by atoms with van der Waals surface area (Å²) in [6, 6.07) is -0.879. The van der Waals surface area contributed by atoms with Crippen LogP contribution in [0.2, 0.25) is 0 Å². The highest BCUT2D eigenvalue weighted by atomic mass is 19.4. The minimum atomic E-state index is -4.40. The third-order valence-electron chi connectivity index (χ3n) is 1.68. The average molecular weight is 228 g/mol. The molecular formula is C8H15F3N2O2. The van der Waals surface area contributed by atoms with E-state index in [0.717, 1.165) is 0 Å². The molecule has 0 aliphatic rings. The molecule has 0 radical (unpaired) electrons. The molecule has 1 atom stereocenters. The molecule has 0 rings (SSSR count). The maximum absolute atomic E-state index is 11.6. The maximum atomic E-state index is 11.6. The molecule has 0 aromatic rings. The topological polar surface area (TPSA) is 61.4 Å². The monoisotopic (exact) mass is 228 g/mol. The van der Waals surface area contributed by atoms with Crippen molar-refractivity contribution < 1.29 is 23.1 Å². The SMILES string of the molecule is CCC(O)CCNC(=O)NCC(F)(F)F. The number of alkyl halides is 3. The molecule has 0 aromatic heterocycles. The second-order valence-electron chi connectivity index (χ2n) is 3.08. The van der Waals surface area contributed by atoms with Crippen LogP contribution >= 0.6 is 0 Å². The van der Waals surface area contributed by atoms with E-state index in [1.165, 1.54) is 0 Å². The first-order valence-electron chi connectivity index (χ1n) is 4.61. The summed E-state index contributed by atoms with van der Waals surface area (Å²) in [5.41, 5.74) is 0. The van der Waals surface area contributed by atoms with Gasteiger partial charge in [-0.3, -0.25) is 0 Å². The van der Waals surface area contributed by atoms with Gasteiger partial charge in [-0.25, -0.2) is 4.79 Å². The molecule has 15 heavy (non-hydrogen) atoms. The average Bonchev–Trinajstić information content (AvgIpc) is 2.13. The van der Waals surface area contributed by atoms with Gasteiger partial charge in [-0.2, -0.15) is 13.2 Å². The van der Waals surface area contributed by atoms with Gasteiger partial charge in [-0.1, -0.05) is 6.92 Å². The summed E-state index contributed by atoms with van der Waals surface area (Å²) in [7, 11) is 0. The zero-order chi connectivity index (χ0) is 11.9. The van der Waals surface area contributed by atoms with Gasteiger partial charge in [0.2, 0.25) is 0 Å². The van der Waals surface area contributed by atoms with Crippen LogP contribution in [-0.2, 0) is 0 Å². The van der Waals surface area contributed by atoms with E-state index in [1.54, 1.807) is 12.2 Å². The highest BCUT2D eigenvalue weighted by Crippen LogP contribution is 2.11. The molecule has 0 spiro atoms. The smallest absolute Gasteiger partial charge is 0.393 e. The van der Waals surface area contributed by atoms with E-state index in [1.807, 2.05) is 0 Å². The lowest BCUT2D eigenvalue weighted by molar-refractivity contribution is -0.122. The van der Waals surface area contributed by atoms with Crippen molar-refractivity contribution in [1.82, 2.24) is 10.6 Å². The van der Waals surface area contributed by atoms with Crippen LogP contribution < -0.4 is 10.6 Å². The molecule has 0 saturated heterocycles. The number of halogens is 3. The van der Waals surface area contributed by atoms with E-state index in [4.69, 9.17) is 5.11 Å². The van der Waals surface area contributed by atoms with Crippen LogP contribution in [0.25, 0.3) is 0 Å². The van der Waals surface area contributed by atoms with E-state index in [-0.39, 0.29) is 6.54 Å². The lowest BCUT2D eigenvalue weighted by Crippen LogP contribution is -2.41. The molecule has 3 N–H and O–H groups in total. The van der Waals surface area contributed by atoms with Crippen LogP contribution in [0.3, 0.4) is 0 Å². The molecule has 0 fully saturated rings. The van der Waals surface area contributed by atoms with E-state index >= 15 is 0 Å². The van der Waals surface area contributed by atoms with Gasteiger partial charge >= 0.3 is 12.2 Å². The Morgan fingerprint density at radius 1 is 1.40 bits per heavy atom. The number of nitrogens with one attached hydrogen (secondary N) is 2. The number of carbonyl (C=O) groups is 1. The van der Waals surface area contributed by atoms with Crippen LogP contribution in [0.1, 0.15) is 19.8 Å². The van der Waals surface area contributed by atoms with E-state index < -0.39 is 24.9 Å². The van der Waals surface area contributed by atoms with E-state index in [0.29, 0.717) is 12.8 Å². The fraction of sp³-hybridized carbons (Fsp3) is 0.875. The number of hydrogen-bond donors (Lipinski definition) is 3.